The van der Waals surface area contributed by atoms with Gasteiger partial charge < -0.3 is 4.57 Å². The molecule has 1 atom stereocenters. The van der Waals surface area contributed by atoms with Crippen molar-refractivity contribution in [2.45, 2.75) is 42.4 Å². The molecule has 0 N–H and O–H groups in total. The summed E-state index contributed by atoms with van der Waals surface area (Å²) in [5, 5.41) is 0.790. The topological polar surface area (TPSA) is 17.8 Å². The summed E-state index contributed by atoms with van der Waals surface area (Å²) in [4.78, 5) is 5.52. The van der Waals surface area contributed by atoms with Crippen molar-refractivity contribution in [2.24, 2.45) is 0 Å². The monoisotopic (exact) mass is 448 g/mol. The average molecular weight is 450 g/mol. The summed E-state index contributed by atoms with van der Waals surface area (Å²) >= 11 is 11.5. The fraction of sp³-hybridized carbons (Fsp3) is 0.286. The number of hydrogen-bond acceptors (Lipinski definition) is 2. The summed E-state index contributed by atoms with van der Waals surface area (Å²) < 4.78 is 3.41. The average Bonchev–Trinajstić information content (AvgIpc) is 3.16. The Morgan fingerprint density at radius 1 is 1.12 bits per heavy atom. The molecule has 2 nitrogen and oxygen atoms in total. The van der Waals surface area contributed by atoms with Crippen molar-refractivity contribution in [3.63, 3.8) is 0 Å². The predicted molar refractivity (Wildman–Crippen MR) is 115 cm³/mol. The van der Waals surface area contributed by atoms with Crippen LogP contribution in [0.5, 0.6) is 0 Å². The van der Waals surface area contributed by atoms with E-state index in [2.05, 4.69) is 75.0 Å². The van der Waals surface area contributed by atoms with E-state index in [4.69, 9.17) is 11.6 Å². The van der Waals surface area contributed by atoms with E-state index >= 15 is 0 Å². The minimum absolute atomic E-state index is 0.105. The van der Waals surface area contributed by atoms with E-state index in [1.54, 1.807) is 0 Å². The van der Waals surface area contributed by atoms with Gasteiger partial charge in [-0.1, -0.05) is 46.6 Å². The normalized spacial score (nSPS) is 13.5. The number of aromatic nitrogens is 2. The number of hydrogen-bond donors (Lipinski definition) is 0. The van der Waals surface area contributed by atoms with Gasteiger partial charge >= 0.3 is 0 Å². The lowest BCUT2D eigenvalue weighted by Crippen LogP contribution is -2.30. The smallest absolute Gasteiger partial charge is 0.0946 e. The second-order valence-corrected chi connectivity index (χ2v) is 9.35. The largest absolute Gasteiger partial charge is 0.336 e. The van der Waals surface area contributed by atoms with Crippen LogP contribution in [0.3, 0.4) is 0 Å². The molecule has 3 rings (SSSR count). The molecule has 0 saturated carbocycles. The highest BCUT2D eigenvalue weighted by Gasteiger charge is 2.30. The molecule has 1 heterocycles. The van der Waals surface area contributed by atoms with Crippen LogP contribution in [0.2, 0.25) is 5.02 Å². The SMILES string of the molecule is CCC(CCc1ccc(Cl)cc1)(Cn1ccnc1)Sc1ccc(Br)cc1. The highest BCUT2D eigenvalue weighted by atomic mass is 79.9. The van der Waals surface area contributed by atoms with E-state index in [0.29, 0.717) is 0 Å². The summed E-state index contributed by atoms with van der Waals surface area (Å²) in [5.74, 6) is 0. The molecule has 0 saturated heterocycles. The predicted octanol–water partition coefficient (Wildman–Crippen LogP) is 6.87. The second kappa shape index (κ2) is 9.12. The first-order valence-electron chi connectivity index (χ1n) is 8.73. The molecule has 26 heavy (non-hydrogen) atoms. The van der Waals surface area contributed by atoms with E-state index in [9.17, 15) is 0 Å². The van der Waals surface area contributed by atoms with Crippen LogP contribution in [-0.4, -0.2) is 14.3 Å². The van der Waals surface area contributed by atoms with Crippen LogP contribution in [0.25, 0.3) is 0 Å². The third kappa shape index (κ3) is 5.38. The van der Waals surface area contributed by atoms with Gasteiger partial charge in [-0.2, -0.15) is 0 Å². The molecule has 1 unspecified atom stereocenters. The van der Waals surface area contributed by atoms with Crippen molar-refractivity contribution < 1.29 is 0 Å². The van der Waals surface area contributed by atoms with Gasteiger partial charge in [-0.25, -0.2) is 4.98 Å². The molecule has 0 bridgehead atoms. The number of thioether (sulfide) groups is 1. The Morgan fingerprint density at radius 2 is 1.85 bits per heavy atom. The molecule has 0 amide bonds. The summed E-state index contributed by atoms with van der Waals surface area (Å²) in [5.41, 5.74) is 1.33. The molecule has 1 aromatic heterocycles. The number of imidazole rings is 1. The molecule has 0 spiro atoms. The van der Waals surface area contributed by atoms with Crippen LogP contribution in [0.4, 0.5) is 0 Å². The highest BCUT2D eigenvalue weighted by Crippen LogP contribution is 2.41. The Bertz CT molecular complexity index is 803. The molecule has 0 aliphatic carbocycles. The molecular formula is C21H22BrClN2S. The number of nitrogens with zero attached hydrogens (tertiary/aromatic N) is 2. The fourth-order valence-corrected chi connectivity index (χ4v) is 4.74. The first-order valence-corrected chi connectivity index (χ1v) is 10.7. The molecule has 0 fully saturated rings. The lowest BCUT2D eigenvalue weighted by Gasteiger charge is -2.33. The Kier molecular flexibility index (Phi) is 6.85. The van der Waals surface area contributed by atoms with Gasteiger partial charge in [-0.15, -0.1) is 11.8 Å². The lowest BCUT2D eigenvalue weighted by molar-refractivity contribution is 0.449. The molecule has 2 aromatic carbocycles. The summed E-state index contributed by atoms with van der Waals surface area (Å²) in [6.45, 7) is 3.22. The van der Waals surface area contributed by atoms with Crippen molar-refractivity contribution >= 4 is 39.3 Å². The number of rotatable bonds is 8. The maximum Gasteiger partial charge on any atom is 0.0946 e. The maximum absolute atomic E-state index is 6.03. The minimum atomic E-state index is 0.105. The summed E-state index contributed by atoms with van der Waals surface area (Å²) in [6.07, 6.45) is 9.01. The van der Waals surface area contributed by atoms with Gasteiger partial charge in [0.2, 0.25) is 0 Å². The van der Waals surface area contributed by atoms with Crippen molar-refractivity contribution in [2.75, 3.05) is 0 Å². The van der Waals surface area contributed by atoms with Gasteiger partial charge in [-0.05, 0) is 61.2 Å². The first-order chi connectivity index (χ1) is 12.6. The van der Waals surface area contributed by atoms with Gasteiger partial charge in [0.25, 0.3) is 0 Å². The van der Waals surface area contributed by atoms with Crippen molar-refractivity contribution in [1.82, 2.24) is 9.55 Å². The molecule has 3 aromatic rings. The van der Waals surface area contributed by atoms with Gasteiger partial charge in [0.1, 0.15) is 0 Å². The van der Waals surface area contributed by atoms with Gasteiger partial charge in [-0.3, -0.25) is 0 Å². The molecular weight excluding hydrogens is 428 g/mol. The molecule has 0 aliphatic rings. The zero-order valence-electron chi connectivity index (χ0n) is 14.7. The zero-order chi connectivity index (χ0) is 18.4. The van der Waals surface area contributed by atoms with Crippen LogP contribution in [0, 0.1) is 0 Å². The van der Waals surface area contributed by atoms with Crippen LogP contribution < -0.4 is 0 Å². The minimum Gasteiger partial charge on any atom is -0.336 e. The Labute approximate surface area is 173 Å². The van der Waals surface area contributed by atoms with E-state index in [1.807, 2.05) is 36.4 Å². The first kappa shape index (κ1) is 19.5. The number of benzene rings is 2. The molecule has 136 valence electrons. The van der Waals surface area contributed by atoms with Crippen molar-refractivity contribution in [3.8, 4) is 0 Å². The second-order valence-electron chi connectivity index (χ2n) is 6.45. The maximum atomic E-state index is 6.03. The van der Waals surface area contributed by atoms with E-state index in [-0.39, 0.29) is 4.75 Å². The zero-order valence-corrected chi connectivity index (χ0v) is 17.9. The van der Waals surface area contributed by atoms with Gasteiger partial charge in [0.15, 0.2) is 0 Å². The quantitative estimate of drug-likeness (QED) is 0.349. The number of halogens is 2. The van der Waals surface area contributed by atoms with Crippen molar-refractivity contribution in [1.29, 1.82) is 0 Å². The van der Waals surface area contributed by atoms with E-state index < -0.39 is 0 Å². The Balaban J connectivity index is 1.80. The van der Waals surface area contributed by atoms with Gasteiger partial charge in [0, 0.05) is 38.1 Å². The van der Waals surface area contributed by atoms with Crippen LogP contribution >= 0.6 is 39.3 Å². The number of aryl methyl sites for hydroxylation is 1. The molecule has 0 aliphatic heterocycles. The van der Waals surface area contributed by atoms with E-state index in [0.717, 1.165) is 35.3 Å². The lowest BCUT2D eigenvalue weighted by atomic mass is 9.96. The van der Waals surface area contributed by atoms with Gasteiger partial charge in [0.05, 0.1) is 6.33 Å². The molecule has 0 radical (unpaired) electrons. The molecule has 5 heteroatoms. The van der Waals surface area contributed by atoms with Crippen LogP contribution in [0.1, 0.15) is 25.3 Å². The van der Waals surface area contributed by atoms with Crippen LogP contribution in [0.15, 0.2) is 76.6 Å². The standard InChI is InChI=1S/C21H22BrClN2S/c1-2-21(15-25-14-13-24-16-25,26-20-9-5-18(22)6-10-20)12-11-17-3-7-19(23)8-4-17/h3-10,13-14,16H,2,11-12,15H2,1H3. The third-order valence-corrected chi connectivity index (χ3v) is 6.95. The van der Waals surface area contributed by atoms with E-state index in [1.165, 1.54) is 10.5 Å². The third-order valence-electron chi connectivity index (χ3n) is 4.60. The summed E-state index contributed by atoms with van der Waals surface area (Å²) in [7, 11) is 0. The van der Waals surface area contributed by atoms with Crippen LogP contribution in [-0.2, 0) is 13.0 Å². The Hall–Kier alpha value is -1.23. The van der Waals surface area contributed by atoms with Crippen molar-refractivity contribution in [3.05, 3.63) is 82.3 Å². The summed E-state index contributed by atoms with van der Waals surface area (Å²) in [6, 6.07) is 16.8. The fourth-order valence-electron chi connectivity index (χ4n) is 3.01. The Morgan fingerprint density at radius 3 is 2.46 bits per heavy atom. The highest BCUT2D eigenvalue weighted by molar-refractivity contribution is 9.10.